The van der Waals surface area contributed by atoms with Gasteiger partial charge in [0.15, 0.2) is 0 Å². The molecule has 0 saturated heterocycles. The standard InChI is InChI=1S/C44H48N4S4/c1-41(2,3)33-29-21-22-30-34(42(4,5)6)46-38(50-30)27-17-19-28(20-18-27)40-48-36(44(10,11)12)32(52-40)24-23-31-35(43(7,8)9)47-39(51-31)26-15-13-25(14-16-26)37(45-33)49-29/h13-24H,1-12H3/b22-21?,24-23?,29-21-,30-22-,31-23-,32-24?,37-25?,38-27?,39-26?,40-28?. The van der Waals surface area contributed by atoms with Crippen molar-refractivity contribution in [2.24, 2.45) is 0 Å². The summed E-state index contributed by atoms with van der Waals surface area (Å²) in [7, 11) is 0. The monoisotopic (exact) mass is 760 g/mol. The summed E-state index contributed by atoms with van der Waals surface area (Å²) in [6, 6.07) is 17.6. The van der Waals surface area contributed by atoms with Gasteiger partial charge in [-0.15, -0.1) is 45.3 Å². The Morgan fingerprint density at radius 3 is 0.635 bits per heavy atom. The van der Waals surface area contributed by atoms with Crippen LogP contribution in [-0.4, -0.2) is 19.9 Å². The molecule has 0 atom stereocenters. The van der Waals surface area contributed by atoms with Gasteiger partial charge in [-0.1, -0.05) is 132 Å². The van der Waals surface area contributed by atoms with E-state index < -0.39 is 0 Å². The molecule has 52 heavy (non-hydrogen) atoms. The fraction of sp³-hybridized carbons (Fsp3) is 0.364. The van der Waals surface area contributed by atoms with Gasteiger partial charge in [-0.25, -0.2) is 19.9 Å². The average Bonchev–Trinajstić information content (AvgIpc) is 3.85. The Hall–Kier alpha value is -3.56. The lowest BCUT2D eigenvalue weighted by molar-refractivity contribution is 0.567. The Balaban J connectivity index is 1.66. The molecule has 0 saturated carbocycles. The van der Waals surface area contributed by atoms with Crippen molar-refractivity contribution in [3.63, 3.8) is 0 Å². The van der Waals surface area contributed by atoms with Crippen LogP contribution in [0.3, 0.4) is 0 Å². The van der Waals surface area contributed by atoms with Crippen LogP contribution in [0, 0.1) is 39.5 Å². The third-order valence-electron chi connectivity index (χ3n) is 8.98. The molecule has 8 heterocycles. The van der Waals surface area contributed by atoms with Crippen molar-refractivity contribution in [3.8, 4) is 0 Å². The predicted octanol–water partition coefficient (Wildman–Crippen LogP) is 8.69. The van der Waals surface area contributed by atoms with Crippen LogP contribution in [0.15, 0.2) is 48.5 Å². The van der Waals surface area contributed by atoms with Crippen LogP contribution < -0.4 is 18.1 Å². The molecule has 0 radical (unpaired) electrons. The Bertz CT molecular complexity index is 2550. The quantitative estimate of drug-likeness (QED) is 0.156. The summed E-state index contributed by atoms with van der Waals surface area (Å²) in [4.78, 5) is 21.0. The van der Waals surface area contributed by atoms with Crippen molar-refractivity contribution in [2.45, 2.75) is 105 Å². The maximum Gasteiger partial charge on any atom is 0.124 e. The van der Waals surface area contributed by atoms with Crippen molar-refractivity contribution in [1.29, 1.82) is 0 Å². The predicted molar refractivity (Wildman–Crippen MR) is 223 cm³/mol. The van der Waals surface area contributed by atoms with E-state index >= 15 is 0 Å². The van der Waals surface area contributed by atoms with Crippen molar-refractivity contribution in [2.75, 3.05) is 0 Å². The Morgan fingerprint density at radius 1 is 0.308 bits per heavy atom. The summed E-state index contributed by atoms with van der Waals surface area (Å²) in [5.41, 5.74) is 4.03. The molecule has 0 fully saturated rings. The molecule has 4 aliphatic rings. The molecular formula is C44H48N4S4. The second kappa shape index (κ2) is 13.1. The van der Waals surface area contributed by atoms with E-state index in [1.165, 1.54) is 18.1 Å². The normalized spacial score (nSPS) is 15.6. The minimum absolute atomic E-state index is 0.106. The first kappa shape index (κ1) is 36.8. The third kappa shape index (κ3) is 7.32. The highest BCUT2D eigenvalue weighted by Crippen LogP contribution is 2.23. The van der Waals surface area contributed by atoms with E-state index in [2.05, 4.69) is 156 Å². The van der Waals surface area contributed by atoms with Gasteiger partial charge in [0, 0.05) is 42.5 Å². The third-order valence-corrected chi connectivity index (χ3v) is 13.3. The van der Waals surface area contributed by atoms with Gasteiger partial charge in [0.05, 0.1) is 40.9 Å². The Morgan fingerprint density at radius 2 is 0.481 bits per heavy atom. The molecule has 4 aromatic heterocycles. The lowest BCUT2D eigenvalue weighted by atomic mass is 9.92. The van der Waals surface area contributed by atoms with Gasteiger partial charge >= 0.3 is 0 Å². The molecule has 0 N–H and O–H groups in total. The second-order valence-electron chi connectivity index (χ2n) is 17.7. The molecule has 0 amide bonds. The molecular weight excluding hydrogens is 713 g/mol. The first-order chi connectivity index (χ1) is 24.3. The van der Waals surface area contributed by atoms with E-state index in [1.807, 2.05) is 0 Å². The van der Waals surface area contributed by atoms with Gasteiger partial charge in [-0.2, -0.15) is 0 Å². The van der Waals surface area contributed by atoms with Crippen LogP contribution >= 0.6 is 45.3 Å². The molecule has 4 aliphatic heterocycles. The Labute approximate surface area is 321 Å². The summed E-state index contributed by atoms with van der Waals surface area (Å²) in [5, 5.41) is 4.48. The first-order valence-corrected chi connectivity index (χ1v) is 21.2. The van der Waals surface area contributed by atoms with Crippen LogP contribution in [-0.2, 0) is 21.7 Å². The van der Waals surface area contributed by atoms with Crippen LogP contribution in [0.2, 0.25) is 0 Å². The highest BCUT2D eigenvalue weighted by Gasteiger charge is 2.22. The summed E-state index contributed by atoms with van der Waals surface area (Å²) >= 11 is 7.03. The van der Waals surface area contributed by atoms with E-state index in [0.717, 1.165) is 62.3 Å². The fourth-order valence-corrected chi connectivity index (χ4v) is 11.0. The zero-order valence-electron chi connectivity index (χ0n) is 32.4. The summed E-state index contributed by atoms with van der Waals surface area (Å²) in [6.45, 7) is 27.0. The number of hydrogen-bond donors (Lipinski definition) is 0. The van der Waals surface area contributed by atoms with Crippen LogP contribution in [0.5, 0.6) is 0 Å². The molecule has 8 heteroatoms. The zero-order chi connectivity index (χ0) is 37.4. The van der Waals surface area contributed by atoms with Crippen LogP contribution in [0.1, 0.15) is 106 Å². The lowest BCUT2D eigenvalue weighted by Gasteiger charge is -2.15. The zero-order valence-corrected chi connectivity index (χ0v) is 35.6. The first-order valence-electron chi connectivity index (χ1n) is 17.9. The molecule has 6 aromatic rings. The number of benzene rings is 2. The van der Waals surface area contributed by atoms with E-state index in [4.69, 9.17) is 19.9 Å². The minimum atomic E-state index is -0.106. The average molecular weight is 761 g/mol. The van der Waals surface area contributed by atoms with Crippen LogP contribution in [0.4, 0.5) is 0 Å². The van der Waals surface area contributed by atoms with Gasteiger partial charge in [0.2, 0.25) is 0 Å². The maximum atomic E-state index is 5.25. The molecule has 4 nitrogen and oxygen atoms in total. The molecule has 0 aliphatic carbocycles. The largest absolute Gasteiger partial charge is 0.240 e. The maximum absolute atomic E-state index is 5.25. The minimum Gasteiger partial charge on any atom is -0.240 e. The lowest BCUT2D eigenvalue weighted by Crippen LogP contribution is -2.21. The summed E-state index contributed by atoms with van der Waals surface area (Å²) in [6.07, 6.45) is 9.04. The van der Waals surface area contributed by atoms with Gasteiger partial charge in [-0.3, -0.25) is 0 Å². The van der Waals surface area contributed by atoms with E-state index in [-0.39, 0.29) is 21.7 Å². The highest BCUT2D eigenvalue weighted by molar-refractivity contribution is 7.09. The molecule has 0 unspecified atom stereocenters. The number of rotatable bonds is 0. The summed E-state index contributed by atoms with van der Waals surface area (Å²) < 4.78 is 8.86. The van der Waals surface area contributed by atoms with E-state index in [0.29, 0.717) is 0 Å². The molecule has 12 bridgehead atoms. The van der Waals surface area contributed by atoms with Gasteiger partial charge < -0.3 is 0 Å². The highest BCUT2D eigenvalue weighted by atomic mass is 32.1. The van der Waals surface area contributed by atoms with E-state index in [9.17, 15) is 0 Å². The van der Waals surface area contributed by atoms with Gasteiger partial charge in [-0.05, 0) is 24.3 Å². The number of aromatic nitrogens is 4. The van der Waals surface area contributed by atoms with Crippen LogP contribution in [0.25, 0.3) is 24.3 Å². The van der Waals surface area contributed by atoms with Gasteiger partial charge in [0.1, 0.15) is 18.7 Å². The Kier molecular flexibility index (Phi) is 9.25. The fourth-order valence-electron chi connectivity index (χ4n) is 6.24. The molecule has 268 valence electrons. The molecule has 0 spiro atoms. The number of hydrogen-bond acceptors (Lipinski definition) is 8. The van der Waals surface area contributed by atoms with Crippen molar-refractivity contribution in [3.05, 3.63) is 129 Å². The van der Waals surface area contributed by atoms with Crippen molar-refractivity contribution < 1.29 is 0 Å². The van der Waals surface area contributed by atoms with Crippen molar-refractivity contribution in [1.82, 2.24) is 19.9 Å². The van der Waals surface area contributed by atoms with E-state index in [1.54, 1.807) is 45.3 Å². The summed E-state index contributed by atoms with van der Waals surface area (Å²) in [5.74, 6) is 0. The number of thiazole rings is 4. The number of nitrogens with zero attached hydrogens (tertiary/aromatic N) is 4. The van der Waals surface area contributed by atoms with Gasteiger partial charge in [0.25, 0.3) is 0 Å². The molecule has 10 rings (SSSR count). The smallest absolute Gasteiger partial charge is 0.124 e. The topological polar surface area (TPSA) is 51.6 Å². The SMILES string of the molecule is CC(C)(C)c1nc2sc1=C/C=c1\sc(nc1C(C)(C)C)=c1ccc(cc1)=c1nc(C(C)(C)C)/c(s1)=C/C=c1\sc(nc1C(C)(C)C)=c1ccc=2cc1. The van der Waals surface area contributed by atoms with Crippen molar-refractivity contribution >= 4 is 69.7 Å². The second-order valence-corrected chi connectivity index (χ2v) is 21.9. The molecule has 2 aromatic carbocycles.